The highest BCUT2D eigenvalue weighted by Gasteiger charge is 2.13. The molecule has 0 aliphatic carbocycles. The van der Waals surface area contributed by atoms with Crippen LogP contribution in [0.3, 0.4) is 0 Å². The second kappa shape index (κ2) is 6.00. The van der Waals surface area contributed by atoms with Crippen molar-refractivity contribution >= 4 is 21.8 Å². The van der Waals surface area contributed by atoms with Gasteiger partial charge in [0.2, 0.25) is 0 Å². The summed E-state index contributed by atoms with van der Waals surface area (Å²) in [7, 11) is 0. The van der Waals surface area contributed by atoms with Gasteiger partial charge in [-0.2, -0.15) is 0 Å². The van der Waals surface area contributed by atoms with Crippen molar-refractivity contribution in [2.24, 2.45) is 11.7 Å². The predicted octanol–water partition coefficient (Wildman–Crippen LogP) is 3.30. The first kappa shape index (κ1) is 14.0. The fourth-order valence-corrected chi connectivity index (χ4v) is 1.80. The Morgan fingerprint density at radius 1 is 1.53 bits per heavy atom. The number of rotatable bonds is 5. The van der Waals surface area contributed by atoms with Gasteiger partial charge in [-0.1, -0.05) is 13.8 Å². The summed E-state index contributed by atoms with van der Waals surface area (Å²) in [6.45, 7) is 4.63. The molecule has 1 aromatic rings. The van der Waals surface area contributed by atoms with Crippen molar-refractivity contribution in [1.82, 2.24) is 0 Å². The van der Waals surface area contributed by atoms with Crippen LogP contribution >= 0.6 is 15.9 Å². The molecule has 94 valence electrons. The lowest BCUT2D eigenvalue weighted by Crippen LogP contribution is -2.13. The summed E-state index contributed by atoms with van der Waals surface area (Å²) in [6.07, 6.45) is 0.867. The number of nitrogens with two attached hydrogens (primary N) is 1. The van der Waals surface area contributed by atoms with Gasteiger partial charge < -0.3 is 10.5 Å². The molecule has 0 aliphatic heterocycles. The Kier molecular flexibility index (Phi) is 4.93. The van der Waals surface area contributed by atoms with E-state index in [0.29, 0.717) is 18.1 Å². The molecule has 0 bridgehead atoms. The lowest BCUT2D eigenvalue weighted by molar-refractivity contribution is 0.276. The van der Waals surface area contributed by atoms with Gasteiger partial charge in [0.25, 0.3) is 0 Å². The molecule has 17 heavy (non-hydrogen) atoms. The lowest BCUT2D eigenvalue weighted by Gasteiger charge is -2.11. The van der Waals surface area contributed by atoms with E-state index in [1.54, 1.807) is 6.07 Å². The molecular weight excluding hydrogens is 287 g/mol. The maximum Gasteiger partial charge on any atom is 0.179 e. The van der Waals surface area contributed by atoms with E-state index in [4.69, 9.17) is 15.9 Å². The molecule has 1 rings (SSSR count). The zero-order valence-electron chi connectivity index (χ0n) is 9.89. The fraction of sp³-hybridized carbons (Fsp3) is 0.417. The van der Waals surface area contributed by atoms with E-state index in [1.165, 1.54) is 6.07 Å². The summed E-state index contributed by atoms with van der Waals surface area (Å²) in [5.41, 5.74) is 5.65. The minimum atomic E-state index is -0.513. The molecule has 0 aliphatic rings. The first-order valence-electron chi connectivity index (χ1n) is 5.38. The normalized spacial score (nSPS) is 10.6. The Hall–Kier alpha value is -1.10. The van der Waals surface area contributed by atoms with Crippen molar-refractivity contribution < 1.29 is 9.13 Å². The van der Waals surface area contributed by atoms with Gasteiger partial charge in [-0.3, -0.25) is 5.41 Å². The van der Waals surface area contributed by atoms with Crippen LogP contribution in [0.1, 0.15) is 25.8 Å². The molecular formula is C12H16BrFN2O. The minimum absolute atomic E-state index is 0.173. The number of nitrogens with one attached hydrogen (secondary N) is 1. The summed E-state index contributed by atoms with van der Waals surface area (Å²) >= 11 is 3.08. The highest BCUT2D eigenvalue weighted by Crippen LogP contribution is 2.28. The summed E-state index contributed by atoms with van der Waals surface area (Å²) in [5.74, 6) is 0.00600. The number of ether oxygens (including phenoxy) is 1. The van der Waals surface area contributed by atoms with E-state index < -0.39 is 5.82 Å². The van der Waals surface area contributed by atoms with Gasteiger partial charge in [0.05, 0.1) is 11.1 Å². The molecule has 0 heterocycles. The third-order valence-corrected chi connectivity index (χ3v) is 3.07. The second-order valence-electron chi connectivity index (χ2n) is 4.18. The van der Waals surface area contributed by atoms with Crippen LogP contribution in [0, 0.1) is 17.1 Å². The molecule has 0 spiro atoms. The number of hydrogen-bond donors (Lipinski definition) is 2. The Bertz CT molecular complexity index is 421. The maximum absolute atomic E-state index is 13.8. The van der Waals surface area contributed by atoms with Gasteiger partial charge in [-0.25, -0.2) is 4.39 Å². The van der Waals surface area contributed by atoms with Crippen molar-refractivity contribution in [3.05, 3.63) is 28.0 Å². The van der Waals surface area contributed by atoms with E-state index in [9.17, 15) is 4.39 Å². The Morgan fingerprint density at radius 3 is 2.71 bits per heavy atom. The minimum Gasteiger partial charge on any atom is -0.490 e. The molecule has 0 radical (unpaired) electrons. The molecule has 0 fully saturated rings. The molecule has 0 amide bonds. The molecule has 5 heteroatoms. The molecule has 0 saturated heterocycles. The van der Waals surface area contributed by atoms with Crippen LogP contribution in [0.25, 0.3) is 0 Å². The summed E-state index contributed by atoms with van der Waals surface area (Å²) in [6, 6.07) is 3.07. The van der Waals surface area contributed by atoms with Crippen LogP contribution < -0.4 is 10.5 Å². The fourth-order valence-electron chi connectivity index (χ4n) is 1.26. The Balaban J connectivity index is 2.82. The number of amidine groups is 1. The van der Waals surface area contributed by atoms with Gasteiger partial charge in [0.15, 0.2) is 11.6 Å². The van der Waals surface area contributed by atoms with Gasteiger partial charge in [-0.05, 0) is 40.4 Å². The number of hydrogen-bond acceptors (Lipinski definition) is 2. The van der Waals surface area contributed by atoms with Crippen molar-refractivity contribution in [2.75, 3.05) is 6.61 Å². The first-order valence-corrected chi connectivity index (χ1v) is 6.18. The van der Waals surface area contributed by atoms with Gasteiger partial charge in [0.1, 0.15) is 5.84 Å². The SMILES string of the molecule is CC(C)CCOc1ccc(C(=N)N)c(Br)c1F. The summed E-state index contributed by atoms with van der Waals surface area (Å²) in [4.78, 5) is 0. The van der Waals surface area contributed by atoms with Gasteiger partial charge in [0, 0.05) is 5.56 Å². The highest BCUT2D eigenvalue weighted by atomic mass is 79.9. The zero-order chi connectivity index (χ0) is 13.0. The summed E-state index contributed by atoms with van der Waals surface area (Å²) < 4.78 is 19.3. The van der Waals surface area contributed by atoms with Crippen molar-refractivity contribution in [3.63, 3.8) is 0 Å². The molecule has 0 aromatic heterocycles. The smallest absolute Gasteiger partial charge is 0.179 e. The first-order chi connectivity index (χ1) is 7.93. The van der Waals surface area contributed by atoms with E-state index in [0.717, 1.165) is 6.42 Å². The Morgan fingerprint density at radius 2 is 2.18 bits per heavy atom. The van der Waals surface area contributed by atoms with E-state index in [2.05, 4.69) is 29.8 Å². The van der Waals surface area contributed by atoms with E-state index in [1.807, 2.05) is 0 Å². The van der Waals surface area contributed by atoms with Gasteiger partial charge in [-0.15, -0.1) is 0 Å². The van der Waals surface area contributed by atoms with Crippen LogP contribution in [0.2, 0.25) is 0 Å². The zero-order valence-corrected chi connectivity index (χ0v) is 11.5. The number of benzene rings is 1. The third-order valence-electron chi connectivity index (χ3n) is 2.29. The number of nitrogen functional groups attached to an aromatic ring is 1. The largest absolute Gasteiger partial charge is 0.490 e. The average Bonchev–Trinajstić information content (AvgIpc) is 2.23. The van der Waals surface area contributed by atoms with Crippen LogP contribution in [0.15, 0.2) is 16.6 Å². The quantitative estimate of drug-likeness (QED) is 0.647. The predicted molar refractivity (Wildman–Crippen MR) is 70.1 cm³/mol. The molecule has 1 aromatic carbocycles. The van der Waals surface area contributed by atoms with E-state index in [-0.39, 0.29) is 16.1 Å². The van der Waals surface area contributed by atoms with Crippen molar-refractivity contribution in [3.8, 4) is 5.75 Å². The molecule has 0 atom stereocenters. The van der Waals surface area contributed by atoms with Crippen LogP contribution in [-0.2, 0) is 0 Å². The topological polar surface area (TPSA) is 59.1 Å². The third kappa shape index (κ3) is 3.70. The summed E-state index contributed by atoms with van der Waals surface area (Å²) in [5, 5.41) is 7.28. The van der Waals surface area contributed by atoms with Crippen molar-refractivity contribution in [1.29, 1.82) is 5.41 Å². The molecule has 3 N–H and O–H groups in total. The van der Waals surface area contributed by atoms with E-state index >= 15 is 0 Å². The van der Waals surface area contributed by atoms with Crippen molar-refractivity contribution in [2.45, 2.75) is 20.3 Å². The average molecular weight is 303 g/mol. The Labute approximate surface area is 109 Å². The molecule has 0 saturated carbocycles. The molecule has 0 unspecified atom stereocenters. The van der Waals surface area contributed by atoms with Crippen LogP contribution in [-0.4, -0.2) is 12.4 Å². The van der Waals surface area contributed by atoms with Crippen LogP contribution in [0.4, 0.5) is 4.39 Å². The van der Waals surface area contributed by atoms with Gasteiger partial charge >= 0.3 is 0 Å². The maximum atomic E-state index is 13.8. The van der Waals surface area contributed by atoms with Crippen LogP contribution in [0.5, 0.6) is 5.75 Å². The standard InChI is InChI=1S/C12H16BrFN2O/c1-7(2)5-6-17-9-4-3-8(12(15)16)10(13)11(9)14/h3-4,7H,5-6H2,1-2H3,(H3,15,16). The number of halogens is 2. The second-order valence-corrected chi connectivity index (χ2v) is 4.98. The highest BCUT2D eigenvalue weighted by molar-refractivity contribution is 9.10. The molecule has 3 nitrogen and oxygen atoms in total. The monoisotopic (exact) mass is 302 g/mol. The lowest BCUT2D eigenvalue weighted by atomic mass is 10.1.